The molecule has 0 aliphatic carbocycles. The number of unbranched alkanes of at least 4 members (excludes halogenated alkanes) is 1. The Morgan fingerprint density at radius 1 is 1.20 bits per heavy atom. The van der Waals surface area contributed by atoms with E-state index in [1.54, 1.807) is 6.92 Å². The Hall–Kier alpha value is -0.410. The average Bonchev–Trinajstić information content (AvgIpc) is 2.15. The van der Waals surface area contributed by atoms with E-state index < -0.39 is 0 Å². The lowest BCUT2D eigenvalue weighted by Crippen LogP contribution is -2.33. The van der Waals surface area contributed by atoms with E-state index in [9.17, 15) is 4.79 Å². The van der Waals surface area contributed by atoms with Crippen molar-refractivity contribution in [1.82, 2.24) is 4.90 Å². The van der Waals surface area contributed by atoms with Gasteiger partial charge in [-0.15, -0.1) is 0 Å². The smallest absolute Gasteiger partial charge is 0.129 e. The zero-order valence-electron chi connectivity index (χ0n) is 10.3. The summed E-state index contributed by atoms with van der Waals surface area (Å²) < 4.78 is 0. The molecule has 0 aliphatic heterocycles. The van der Waals surface area contributed by atoms with Crippen LogP contribution in [0.25, 0.3) is 0 Å². The predicted octanol–water partition coefficient (Wildman–Crippen LogP) is 1.84. The van der Waals surface area contributed by atoms with Gasteiger partial charge in [-0.2, -0.15) is 0 Å². The molecule has 0 radical (unpaired) electrons. The van der Waals surface area contributed by atoms with Crippen LogP contribution in [-0.2, 0) is 4.79 Å². The van der Waals surface area contributed by atoms with E-state index in [0.717, 1.165) is 32.4 Å². The first kappa shape index (κ1) is 14.6. The number of aliphatic hydroxyl groups is 1. The van der Waals surface area contributed by atoms with Gasteiger partial charge in [0, 0.05) is 25.6 Å². The number of hydrogen-bond acceptors (Lipinski definition) is 3. The average molecular weight is 215 g/mol. The van der Waals surface area contributed by atoms with Gasteiger partial charge >= 0.3 is 0 Å². The van der Waals surface area contributed by atoms with Crippen LogP contribution in [0.15, 0.2) is 0 Å². The van der Waals surface area contributed by atoms with Crippen LogP contribution in [0, 0.1) is 0 Å². The van der Waals surface area contributed by atoms with Crippen molar-refractivity contribution in [3.63, 3.8) is 0 Å². The third kappa shape index (κ3) is 8.58. The number of carbonyl (C=O) groups is 1. The molecule has 0 aromatic heterocycles. The third-order valence-corrected chi connectivity index (χ3v) is 2.56. The molecule has 3 nitrogen and oxygen atoms in total. The van der Waals surface area contributed by atoms with Gasteiger partial charge in [-0.25, -0.2) is 0 Å². The number of carbonyl (C=O) groups excluding carboxylic acids is 1. The van der Waals surface area contributed by atoms with Gasteiger partial charge in [-0.05, 0) is 46.6 Å². The fourth-order valence-electron chi connectivity index (χ4n) is 1.59. The molecule has 0 saturated carbocycles. The Morgan fingerprint density at radius 2 is 1.80 bits per heavy atom. The van der Waals surface area contributed by atoms with E-state index in [-0.39, 0.29) is 12.4 Å². The molecule has 0 atom stereocenters. The van der Waals surface area contributed by atoms with Gasteiger partial charge in [0.15, 0.2) is 0 Å². The Balaban J connectivity index is 3.61. The number of ketones is 1. The highest BCUT2D eigenvalue weighted by Crippen LogP contribution is 2.04. The number of rotatable bonds is 9. The molecular weight excluding hydrogens is 190 g/mol. The second-order valence-electron chi connectivity index (χ2n) is 4.37. The minimum atomic E-state index is 0.261. The highest BCUT2D eigenvalue weighted by molar-refractivity contribution is 5.75. The van der Waals surface area contributed by atoms with Gasteiger partial charge in [-0.3, -0.25) is 0 Å². The standard InChI is InChI=1S/C12H25NO2/c1-11(2)13(9-6-10-14)8-5-4-7-12(3)15/h11,14H,4-10H2,1-3H3. The molecule has 90 valence electrons. The lowest BCUT2D eigenvalue weighted by molar-refractivity contribution is -0.117. The highest BCUT2D eigenvalue weighted by Gasteiger charge is 2.08. The molecule has 3 heteroatoms. The quantitative estimate of drug-likeness (QED) is 0.597. The summed E-state index contributed by atoms with van der Waals surface area (Å²) in [4.78, 5) is 13.1. The van der Waals surface area contributed by atoms with Crippen molar-refractivity contribution in [3.05, 3.63) is 0 Å². The molecule has 0 rings (SSSR count). The van der Waals surface area contributed by atoms with Gasteiger partial charge < -0.3 is 14.8 Å². The lowest BCUT2D eigenvalue weighted by Gasteiger charge is -2.26. The van der Waals surface area contributed by atoms with E-state index in [2.05, 4.69) is 18.7 Å². The monoisotopic (exact) mass is 215 g/mol. The zero-order valence-corrected chi connectivity index (χ0v) is 10.3. The Labute approximate surface area is 93.5 Å². The van der Waals surface area contributed by atoms with Gasteiger partial charge in [0.05, 0.1) is 0 Å². The topological polar surface area (TPSA) is 40.5 Å². The minimum Gasteiger partial charge on any atom is -0.396 e. The maximum Gasteiger partial charge on any atom is 0.129 e. The first-order valence-corrected chi connectivity index (χ1v) is 5.92. The second kappa shape index (κ2) is 8.86. The van der Waals surface area contributed by atoms with Gasteiger partial charge in [-0.1, -0.05) is 0 Å². The number of hydrogen-bond donors (Lipinski definition) is 1. The van der Waals surface area contributed by atoms with Crippen LogP contribution < -0.4 is 0 Å². The van der Waals surface area contributed by atoms with Crippen molar-refractivity contribution in [3.8, 4) is 0 Å². The van der Waals surface area contributed by atoms with E-state index in [1.807, 2.05) is 0 Å². The summed E-state index contributed by atoms with van der Waals surface area (Å²) >= 11 is 0. The summed E-state index contributed by atoms with van der Waals surface area (Å²) in [6, 6.07) is 0.522. The van der Waals surface area contributed by atoms with Gasteiger partial charge in [0.2, 0.25) is 0 Å². The maximum atomic E-state index is 10.7. The van der Waals surface area contributed by atoms with Gasteiger partial charge in [0.25, 0.3) is 0 Å². The summed E-state index contributed by atoms with van der Waals surface area (Å²) in [7, 11) is 0. The Morgan fingerprint density at radius 3 is 2.27 bits per heavy atom. The van der Waals surface area contributed by atoms with Crippen molar-refractivity contribution in [2.75, 3.05) is 19.7 Å². The molecule has 0 unspecified atom stereocenters. The second-order valence-corrected chi connectivity index (χ2v) is 4.37. The number of Topliss-reactive ketones (excluding diaryl/α,β-unsaturated/α-hetero) is 1. The summed E-state index contributed by atoms with van der Waals surface area (Å²) in [5.41, 5.74) is 0. The fraction of sp³-hybridized carbons (Fsp3) is 0.917. The summed E-state index contributed by atoms with van der Waals surface area (Å²) in [6.45, 7) is 8.23. The van der Waals surface area contributed by atoms with Crippen molar-refractivity contribution in [2.45, 2.75) is 52.5 Å². The largest absolute Gasteiger partial charge is 0.396 e. The number of aliphatic hydroxyl groups excluding tert-OH is 1. The summed E-state index contributed by atoms with van der Waals surface area (Å²) in [6.07, 6.45) is 3.59. The van der Waals surface area contributed by atoms with Crippen LogP contribution in [0.2, 0.25) is 0 Å². The van der Waals surface area contributed by atoms with Crippen LogP contribution in [0.5, 0.6) is 0 Å². The molecule has 0 bridgehead atoms. The van der Waals surface area contributed by atoms with Crippen LogP contribution in [-0.4, -0.2) is 41.5 Å². The van der Waals surface area contributed by atoms with Crippen LogP contribution in [0.4, 0.5) is 0 Å². The van der Waals surface area contributed by atoms with E-state index in [1.165, 1.54) is 0 Å². The van der Waals surface area contributed by atoms with Crippen LogP contribution in [0.1, 0.15) is 46.5 Å². The van der Waals surface area contributed by atoms with Crippen LogP contribution >= 0.6 is 0 Å². The molecule has 0 saturated heterocycles. The fourth-order valence-corrected chi connectivity index (χ4v) is 1.59. The molecule has 15 heavy (non-hydrogen) atoms. The molecule has 0 aliphatic rings. The Bertz CT molecular complexity index is 169. The van der Waals surface area contributed by atoms with Crippen molar-refractivity contribution < 1.29 is 9.90 Å². The molecular formula is C12H25NO2. The first-order valence-electron chi connectivity index (χ1n) is 5.92. The summed E-state index contributed by atoms with van der Waals surface area (Å²) in [5, 5.41) is 8.77. The molecule has 0 spiro atoms. The first-order chi connectivity index (χ1) is 7.07. The van der Waals surface area contributed by atoms with Gasteiger partial charge in [0.1, 0.15) is 5.78 Å². The molecule has 0 heterocycles. The van der Waals surface area contributed by atoms with Crippen molar-refractivity contribution in [1.29, 1.82) is 0 Å². The minimum absolute atomic E-state index is 0.261. The number of nitrogens with zero attached hydrogens (tertiary/aromatic N) is 1. The van der Waals surface area contributed by atoms with E-state index in [0.29, 0.717) is 12.5 Å². The highest BCUT2D eigenvalue weighted by atomic mass is 16.3. The predicted molar refractivity (Wildman–Crippen MR) is 62.9 cm³/mol. The lowest BCUT2D eigenvalue weighted by atomic mass is 10.1. The zero-order chi connectivity index (χ0) is 11.7. The molecule has 1 N–H and O–H groups in total. The van der Waals surface area contributed by atoms with Crippen molar-refractivity contribution in [2.24, 2.45) is 0 Å². The SMILES string of the molecule is CC(=O)CCCCN(CCCO)C(C)C. The molecule has 0 amide bonds. The normalized spacial score (nSPS) is 11.3. The Kier molecular flexibility index (Phi) is 8.62. The summed E-state index contributed by atoms with van der Waals surface area (Å²) in [5.74, 6) is 0.279. The molecule has 0 aromatic rings. The maximum absolute atomic E-state index is 10.7. The molecule has 0 aromatic carbocycles. The molecule has 0 fully saturated rings. The third-order valence-electron chi connectivity index (χ3n) is 2.56. The van der Waals surface area contributed by atoms with E-state index in [4.69, 9.17) is 5.11 Å². The van der Waals surface area contributed by atoms with Crippen molar-refractivity contribution >= 4 is 5.78 Å². The van der Waals surface area contributed by atoms with Crippen LogP contribution in [0.3, 0.4) is 0 Å². The van der Waals surface area contributed by atoms with E-state index >= 15 is 0 Å².